The Balaban J connectivity index is 1.88. The van der Waals surface area contributed by atoms with Crippen molar-refractivity contribution in [3.05, 3.63) is 70.2 Å². The van der Waals surface area contributed by atoms with Crippen molar-refractivity contribution in [1.82, 2.24) is 4.98 Å². The second kappa shape index (κ2) is 9.57. The molecule has 1 amide bonds. The standard InChI is InChI=1S/C24H24N2O4S/c1-15-7-6-8-21(16(15)2)26(17(3)27)24-25-18(14-31-24)9-11-22(28)20-13-19(29-4)10-12-23(20)30-5/h6-14H,1-5H3. The monoisotopic (exact) mass is 436 g/mol. The Morgan fingerprint density at radius 1 is 1.10 bits per heavy atom. The van der Waals surface area contributed by atoms with E-state index in [2.05, 4.69) is 4.98 Å². The number of methoxy groups -OCH3 is 2. The van der Waals surface area contributed by atoms with Gasteiger partial charge in [0.15, 0.2) is 10.9 Å². The molecule has 0 spiro atoms. The van der Waals surface area contributed by atoms with Crippen LogP contribution in [0.25, 0.3) is 6.08 Å². The molecule has 0 fully saturated rings. The van der Waals surface area contributed by atoms with Crippen LogP contribution in [-0.2, 0) is 4.79 Å². The molecule has 0 bridgehead atoms. The maximum absolute atomic E-state index is 12.7. The fourth-order valence-electron chi connectivity index (χ4n) is 3.10. The minimum atomic E-state index is -0.233. The fraction of sp³-hybridized carbons (Fsp3) is 0.208. The number of amides is 1. The second-order valence-corrected chi connectivity index (χ2v) is 7.73. The number of carbonyl (C=O) groups excluding carboxylic acids is 2. The largest absolute Gasteiger partial charge is 0.497 e. The molecule has 0 atom stereocenters. The summed E-state index contributed by atoms with van der Waals surface area (Å²) in [6.07, 6.45) is 3.06. The third kappa shape index (κ3) is 4.83. The van der Waals surface area contributed by atoms with Crippen molar-refractivity contribution in [2.24, 2.45) is 0 Å². The van der Waals surface area contributed by atoms with E-state index in [-0.39, 0.29) is 11.7 Å². The third-order valence-electron chi connectivity index (χ3n) is 4.91. The van der Waals surface area contributed by atoms with Crippen molar-refractivity contribution >= 4 is 39.9 Å². The molecule has 1 aromatic heterocycles. The molecular weight excluding hydrogens is 412 g/mol. The van der Waals surface area contributed by atoms with Crippen LogP contribution < -0.4 is 14.4 Å². The smallest absolute Gasteiger partial charge is 0.230 e. The zero-order valence-corrected chi connectivity index (χ0v) is 18.9. The summed E-state index contributed by atoms with van der Waals surface area (Å²) in [6, 6.07) is 10.9. The molecule has 31 heavy (non-hydrogen) atoms. The third-order valence-corrected chi connectivity index (χ3v) is 5.75. The average molecular weight is 437 g/mol. The lowest BCUT2D eigenvalue weighted by Gasteiger charge is -2.21. The SMILES string of the molecule is COc1ccc(OC)c(C(=O)C=Cc2csc(N(C(C)=O)c3cccc(C)c3C)n2)c1. The molecule has 160 valence electrons. The number of ether oxygens (including phenoxy) is 2. The summed E-state index contributed by atoms with van der Waals surface area (Å²) >= 11 is 1.34. The van der Waals surface area contributed by atoms with Crippen LogP contribution in [0.4, 0.5) is 10.8 Å². The zero-order valence-electron chi connectivity index (χ0n) is 18.1. The van der Waals surface area contributed by atoms with E-state index >= 15 is 0 Å². The highest BCUT2D eigenvalue weighted by Crippen LogP contribution is 2.33. The van der Waals surface area contributed by atoms with Crippen LogP contribution in [0.15, 0.2) is 47.9 Å². The molecule has 0 aliphatic rings. The lowest BCUT2D eigenvalue weighted by atomic mass is 10.1. The van der Waals surface area contributed by atoms with Crippen molar-refractivity contribution in [2.45, 2.75) is 20.8 Å². The Hall–Kier alpha value is -3.45. The van der Waals surface area contributed by atoms with Gasteiger partial charge in [0.2, 0.25) is 5.91 Å². The van der Waals surface area contributed by atoms with E-state index in [4.69, 9.17) is 9.47 Å². The fourth-order valence-corrected chi connectivity index (χ4v) is 3.95. The van der Waals surface area contributed by atoms with Crippen LogP contribution >= 0.6 is 11.3 Å². The molecule has 0 saturated heterocycles. The number of ketones is 1. The maximum Gasteiger partial charge on any atom is 0.230 e. The Morgan fingerprint density at radius 2 is 1.87 bits per heavy atom. The van der Waals surface area contributed by atoms with E-state index in [9.17, 15) is 9.59 Å². The van der Waals surface area contributed by atoms with Gasteiger partial charge in [-0.05, 0) is 61.4 Å². The first-order valence-corrected chi connectivity index (χ1v) is 10.5. The predicted octanol–water partition coefficient (Wildman–Crippen LogP) is 5.36. The number of carbonyl (C=O) groups is 2. The number of anilines is 2. The van der Waals surface area contributed by atoms with Gasteiger partial charge in [0.1, 0.15) is 11.5 Å². The lowest BCUT2D eigenvalue weighted by Crippen LogP contribution is -2.23. The van der Waals surface area contributed by atoms with Crippen molar-refractivity contribution in [1.29, 1.82) is 0 Å². The van der Waals surface area contributed by atoms with Crippen LogP contribution in [-0.4, -0.2) is 30.9 Å². The number of thiazole rings is 1. The molecule has 3 rings (SSSR count). The molecule has 0 N–H and O–H groups in total. The molecule has 1 heterocycles. The first-order chi connectivity index (χ1) is 14.8. The van der Waals surface area contributed by atoms with Crippen molar-refractivity contribution in [2.75, 3.05) is 19.1 Å². The molecule has 2 aromatic carbocycles. The van der Waals surface area contributed by atoms with Gasteiger partial charge in [-0.1, -0.05) is 12.1 Å². The number of nitrogens with zero attached hydrogens (tertiary/aromatic N) is 2. The second-order valence-electron chi connectivity index (χ2n) is 6.89. The molecule has 0 aliphatic carbocycles. The molecule has 0 saturated carbocycles. The molecular formula is C24H24N2O4S. The number of aryl methyl sites for hydroxylation is 1. The summed E-state index contributed by atoms with van der Waals surface area (Å²) in [4.78, 5) is 31.2. The molecule has 0 unspecified atom stereocenters. The summed E-state index contributed by atoms with van der Waals surface area (Å²) in [5, 5.41) is 2.36. The minimum Gasteiger partial charge on any atom is -0.497 e. The Kier molecular flexibility index (Phi) is 6.87. The van der Waals surface area contributed by atoms with Gasteiger partial charge in [-0.25, -0.2) is 4.98 Å². The van der Waals surface area contributed by atoms with Gasteiger partial charge < -0.3 is 9.47 Å². The first-order valence-electron chi connectivity index (χ1n) is 9.62. The van der Waals surface area contributed by atoms with E-state index in [1.54, 1.807) is 36.3 Å². The van der Waals surface area contributed by atoms with E-state index in [0.29, 0.717) is 27.9 Å². The number of rotatable bonds is 7. The summed E-state index contributed by atoms with van der Waals surface area (Å²) in [6.45, 7) is 5.50. The average Bonchev–Trinajstić information content (AvgIpc) is 3.22. The first kappa shape index (κ1) is 22.2. The summed E-state index contributed by atoms with van der Waals surface area (Å²) < 4.78 is 10.5. The topological polar surface area (TPSA) is 68.7 Å². The van der Waals surface area contributed by atoms with Gasteiger partial charge >= 0.3 is 0 Å². The van der Waals surface area contributed by atoms with Crippen LogP contribution in [0.5, 0.6) is 11.5 Å². The van der Waals surface area contributed by atoms with Gasteiger partial charge in [-0.3, -0.25) is 14.5 Å². The number of allylic oxidation sites excluding steroid dienone is 1. The highest BCUT2D eigenvalue weighted by molar-refractivity contribution is 7.14. The molecule has 6 nitrogen and oxygen atoms in total. The number of benzene rings is 2. The minimum absolute atomic E-state index is 0.129. The molecule has 0 radical (unpaired) electrons. The Bertz CT molecular complexity index is 1150. The van der Waals surface area contributed by atoms with Crippen LogP contribution in [0, 0.1) is 13.8 Å². The van der Waals surface area contributed by atoms with Crippen molar-refractivity contribution < 1.29 is 19.1 Å². The Labute approximate surface area is 185 Å². The van der Waals surface area contributed by atoms with Crippen LogP contribution in [0.3, 0.4) is 0 Å². The number of hydrogen-bond acceptors (Lipinski definition) is 6. The number of aromatic nitrogens is 1. The predicted molar refractivity (Wildman–Crippen MR) is 124 cm³/mol. The zero-order chi connectivity index (χ0) is 22.5. The number of hydrogen-bond donors (Lipinski definition) is 0. The molecule has 7 heteroatoms. The normalized spacial score (nSPS) is 10.9. The van der Waals surface area contributed by atoms with Gasteiger partial charge in [-0.2, -0.15) is 0 Å². The quantitative estimate of drug-likeness (QED) is 0.368. The van der Waals surface area contributed by atoms with Crippen molar-refractivity contribution in [3.63, 3.8) is 0 Å². The summed E-state index contributed by atoms with van der Waals surface area (Å²) in [5.41, 5.74) is 3.90. The van der Waals surface area contributed by atoms with Crippen molar-refractivity contribution in [3.8, 4) is 11.5 Å². The van der Waals surface area contributed by atoms with Gasteiger partial charge in [0.05, 0.1) is 31.2 Å². The lowest BCUT2D eigenvalue weighted by molar-refractivity contribution is -0.115. The van der Waals surface area contributed by atoms with E-state index in [1.807, 2.05) is 37.4 Å². The highest BCUT2D eigenvalue weighted by Gasteiger charge is 2.20. The van der Waals surface area contributed by atoms with Crippen LogP contribution in [0.1, 0.15) is 34.1 Å². The maximum atomic E-state index is 12.7. The summed E-state index contributed by atoms with van der Waals surface area (Å²) in [5.74, 6) is 0.672. The van der Waals surface area contributed by atoms with Gasteiger partial charge in [0.25, 0.3) is 0 Å². The molecule has 0 aliphatic heterocycles. The molecule has 3 aromatic rings. The Morgan fingerprint density at radius 3 is 2.55 bits per heavy atom. The van der Waals surface area contributed by atoms with E-state index in [0.717, 1.165) is 16.8 Å². The van der Waals surface area contributed by atoms with E-state index < -0.39 is 0 Å². The van der Waals surface area contributed by atoms with Gasteiger partial charge in [0, 0.05) is 12.3 Å². The van der Waals surface area contributed by atoms with Gasteiger partial charge in [-0.15, -0.1) is 11.3 Å². The van der Waals surface area contributed by atoms with Crippen LogP contribution in [0.2, 0.25) is 0 Å². The van der Waals surface area contributed by atoms with E-state index in [1.165, 1.54) is 31.4 Å². The highest BCUT2D eigenvalue weighted by atomic mass is 32.1. The summed E-state index contributed by atoms with van der Waals surface area (Å²) in [7, 11) is 3.05.